The third-order valence-corrected chi connectivity index (χ3v) is 7.24. The van der Waals surface area contributed by atoms with Gasteiger partial charge in [0.15, 0.2) is 17.0 Å². The lowest BCUT2D eigenvalue weighted by Crippen LogP contribution is -2.33. The second kappa shape index (κ2) is 11.6. The highest BCUT2D eigenvalue weighted by atomic mass is 35.5. The lowest BCUT2D eigenvalue weighted by molar-refractivity contribution is -0.142. The number of fused-ring (bicyclic) bond motifs is 1. The molecule has 1 aliphatic rings. The number of methoxy groups -OCH3 is 1. The first-order valence-corrected chi connectivity index (χ1v) is 12.8. The number of esters is 1. The molecule has 3 heterocycles. The van der Waals surface area contributed by atoms with E-state index in [0.717, 1.165) is 6.42 Å². The number of benzene rings is 1. The van der Waals surface area contributed by atoms with Gasteiger partial charge in [-0.25, -0.2) is 25.9 Å². The van der Waals surface area contributed by atoms with Crippen molar-refractivity contribution in [2.75, 3.05) is 25.8 Å². The molecule has 4 unspecified atom stereocenters. The molecule has 3 N–H and O–H groups in total. The van der Waals surface area contributed by atoms with Crippen LogP contribution in [0.1, 0.15) is 26.5 Å². The van der Waals surface area contributed by atoms with Crippen molar-refractivity contribution < 1.29 is 23.3 Å². The molecule has 0 aliphatic carbocycles. The van der Waals surface area contributed by atoms with Crippen molar-refractivity contribution in [3.8, 4) is 5.75 Å². The smallest absolute Gasteiger partial charge is 0.323 e. The summed E-state index contributed by atoms with van der Waals surface area (Å²) in [6.45, 7) is 4.02. The van der Waals surface area contributed by atoms with Crippen LogP contribution in [-0.4, -0.2) is 58.4 Å². The summed E-state index contributed by atoms with van der Waals surface area (Å²) in [5, 5.41) is 5.05. The Morgan fingerprint density at radius 3 is 2.81 bits per heavy atom. The lowest BCUT2D eigenvalue weighted by atomic mass is 10.1. The number of nitrogens with two attached hydrogens (primary N) is 1. The van der Waals surface area contributed by atoms with Gasteiger partial charge in [0, 0.05) is 18.0 Å². The number of hydrogen-bond acceptors (Lipinski definition) is 11. The Hall–Kier alpha value is -2.60. The molecule has 4 rings (SSSR count). The van der Waals surface area contributed by atoms with Crippen molar-refractivity contribution in [1.29, 1.82) is 0 Å². The van der Waals surface area contributed by atoms with Crippen molar-refractivity contribution in [3.63, 3.8) is 0 Å². The Kier molecular flexibility index (Phi) is 8.55. The largest absolute Gasteiger partial charge is 0.468 e. The molecule has 1 saturated heterocycles. The third-order valence-electron chi connectivity index (χ3n) is 5.63. The molecule has 194 valence electrons. The number of imidazole rings is 1. The van der Waals surface area contributed by atoms with E-state index in [9.17, 15) is 4.79 Å². The minimum absolute atomic E-state index is 0.162. The molecule has 0 radical (unpaired) electrons. The number of carbonyl (C=O) groups excluding carboxylic acids is 1. The normalized spacial score (nSPS) is 21.3. The number of hydrazine groups is 1. The molecule has 12 nitrogen and oxygen atoms in total. The summed E-state index contributed by atoms with van der Waals surface area (Å²) in [5.74, 6) is 6.70. The highest BCUT2D eigenvalue weighted by molar-refractivity contribution is 7.45. The van der Waals surface area contributed by atoms with Gasteiger partial charge in [-0.05, 0) is 37.6 Å². The summed E-state index contributed by atoms with van der Waals surface area (Å²) < 4.78 is 25.1. The second-order valence-electron chi connectivity index (χ2n) is 8.47. The molecular weight excluding hydrogens is 509 g/mol. The topological polar surface area (TPSA) is 139 Å². The molecular formula is C22H29ClN7O5P. The Morgan fingerprint density at radius 1 is 1.36 bits per heavy atom. The van der Waals surface area contributed by atoms with Gasteiger partial charge in [-0.15, -0.1) is 0 Å². The van der Waals surface area contributed by atoms with Crippen LogP contribution in [0.25, 0.3) is 11.2 Å². The van der Waals surface area contributed by atoms with E-state index in [2.05, 4.69) is 27.0 Å². The van der Waals surface area contributed by atoms with Crippen LogP contribution in [0.4, 0.5) is 5.82 Å². The Balaban J connectivity index is 1.44. The van der Waals surface area contributed by atoms with Crippen molar-refractivity contribution >= 4 is 43.1 Å². The molecule has 1 aliphatic heterocycles. The molecule has 3 aromatic rings. The minimum Gasteiger partial charge on any atom is -0.468 e. The molecule has 2 aromatic heterocycles. The maximum Gasteiger partial charge on any atom is 0.323 e. The van der Waals surface area contributed by atoms with Crippen molar-refractivity contribution in [1.82, 2.24) is 24.6 Å². The van der Waals surface area contributed by atoms with E-state index < -0.39 is 20.5 Å². The van der Waals surface area contributed by atoms with E-state index in [1.807, 2.05) is 4.57 Å². The fraction of sp³-hybridized carbons (Fsp3) is 0.455. The zero-order valence-electron chi connectivity index (χ0n) is 20.4. The predicted octanol–water partition coefficient (Wildman–Crippen LogP) is 3.19. The zero-order chi connectivity index (χ0) is 25.8. The van der Waals surface area contributed by atoms with Gasteiger partial charge < -0.3 is 18.5 Å². The molecule has 1 fully saturated rings. The van der Waals surface area contributed by atoms with E-state index in [1.54, 1.807) is 44.6 Å². The first-order chi connectivity index (χ1) is 17.3. The van der Waals surface area contributed by atoms with Gasteiger partial charge in [0.05, 0.1) is 26.1 Å². The number of hydrogen-bond donors (Lipinski definition) is 2. The third kappa shape index (κ3) is 6.03. The fourth-order valence-electron chi connectivity index (χ4n) is 3.87. The van der Waals surface area contributed by atoms with Crippen LogP contribution < -0.4 is 20.5 Å². The van der Waals surface area contributed by atoms with Gasteiger partial charge in [0.25, 0.3) is 0 Å². The van der Waals surface area contributed by atoms with Crippen LogP contribution in [0.3, 0.4) is 0 Å². The Labute approximate surface area is 215 Å². The molecule has 36 heavy (non-hydrogen) atoms. The highest BCUT2D eigenvalue weighted by Crippen LogP contribution is 2.40. The lowest BCUT2D eigenvalue weighted by Gasteiger charge is -2.23. The van der Waals surface area contributed by atoms with Crippen LogP contribution in [0.15, 0.2) is 36.9 Å². The summed E-state index contributed by atoms with van der Waals surface area (Å²) in [6, 6.07) is 6.26. The van der Waals surface area contributed by atoms with Crippen molar-refractivity contribution in [2.45, 2.75) is 38.6 Å². The number of ether oxygens (including phenoxy) is 2. The maximum atomic E-state index is 11.9. The number of halogens is 1. The van der Waals surface area contributed by atoms with Gasteiger partial charge in [-0.2, -0.15) is 0 Å². The molecule has 0 bridgehead atoms. The first kappa shape index (κ1) is 26.5. The van der Waals surface area contributed by atoms with Crippen LogP contribution >= 0.6 is 20.1 Å². The molecule has 1 aromatic carbocycles. The van der Waals surface area contributed by atoms with Gasteiger partial charge in [0.2, 0.25) is 0 Å². The van der Waals surface area contributed by atoms with Gasteiger partial charge in [-0.1, -0.05) is 18.5 Å². The number of anilines is 1. The Morgan fingerprint density at radius 2 is 2.11 bits per heavy atom. The monoisotopic (exact) mass is 537 g/mol. The van der Waals surface area contributed by atoms with Crippen LogP contribution in [0.5, 0.6) is 5.75 Å². The number of carbonyl (C=O) groups is 1. The SMILES string of the molecule is COC(=O)C(C)NP(OCC1C[C@H](C)C(n2cnc3c(N(C)N)ncnc32)O1)Oc1ccc(Cl)cc1. The van der Waals surface area contributed by atoms with E-state index in [4.69, 9.17) is 36.0 Å². The zero-order valence-corrected chi connectivity index (χ0v) is 22.0. The summed E-state index contributed by atoms with van der Waals surface area (Å²) in [5.41, 5.74) is 1.23. The van der Waals surface area contributed by atoms with E-state index in [-0.39, 0.29) is 24.9 Å². The average molecular weight is 538 g/mol. The minimum atomic E-state index is -1.69. The van der Waals surface area contributed by atoms with Crippen molar-refractivity contribution in [3.05, 3.63) is 41.9 Å². The van der Waals surface area contributed by atoms with Crippen LogP contribution in [0.2, 0.25) is 5.02 Å². The molecule has 0 saturated carbocycles. The standard InChI is InChI=1S/C22H29ClN7O5P/c1-13-9-17(34-21(13)30-12-27-18-19(29(3)24)25-11-26-20(18)30)10-33-36(28-14(2)22(31)32-4)35-16-7-5-15(23)6-8-16/h5-8,11-14,17,21,28H,9-10,24H2,1-4H3/t13-,14?,17?,21?,36?/m0/s1. The number of nitrogens with zero attached hydrogens (tertiary/aromatic N) is 5. The van der Waals surface area contributed by atoms with Gasteiger partial charge in [0.1, 0.15) is 24.3 Å². The number of rotatable bonds is 10. The molecule has 5 atom stereocenters. The molecule has 0 amide bonds. The first-order valence-electron chi connectivity index (χ1n) is 11.3. The summed E-state index contributed by atoms with van der Waals surface area (Å²) in [6.07, 6.45) is 3.38. The quantitative estimate of drug-likeness (QED) is 0.170. The molecule has 0 spiro atoms. The second-order valence-corrected chi connectivity index (χ2v) is 10.1. The highest BCUT2D eigenvalue weighted by Gasteiger charge is 2.36. The number of aromatic nitrogens is 4. The van der Waals surface area contributed by atoms with E-state index >= 15 is 0 Å². The summed E-state index contributed by atoms with van der Waals surface area (Å²) >= 11 is 5.97. The van der Waals surface area contributed by atoms with Gasteiger partial charge in [-0.3, -0.25) is 14.4 Å². The Bertz CT molecular complexity index is 1180. The summed E-state index contributed by atoms with van der Waals surface area (Å²) in [4.78, 5) is 25.0. The van der Waals surface area contributed by atoms with Crippen molar-refractivity contribution in [2.24, 2.45) is 11.8 Å². The van der Waals surface area contributed by atoms with Crippen LogP contribution in [0, 0.1) is 5.92 Å². The van der Waals surface area contributed by atoms with E-state index in [1.165, 1.54) is 18.4 Å². The fourth-order valence-corrected chi connectivity index (χ4v) is 5.21. The van der Waals surface area contributed by atoms with E-state index in [0.29, 0.717) is 27.8 Å². The average Bonchev–Trinajstić information content (AvgIpc) is 3.45. The predicted molar refractivity (Wildman–Crippen MR) is 135 cm³/mol. The summed E-state index contributed by atoms with van der Waals surface area (Å²) in [7, 11) is 1.34. The van der Waals surface area contributed by atoms with Crippen LogP contribution in [-0.2, 0) is 18.8 Å². The number of nitrogens with one attached hydrogen (secondary N) is 1. The van der Waals surface area contributed by atoms with Gasteiger partial charge >= 0.3 is 14.5 Å². The maximum absolute atomic E-state index is 11.9. The molecule has 14 heteroatoms.